The Bertz CT molecular complexity index is 512. The van der Waals surface area contributed by atoms with E-state index >= 15 is 0 Å². The molecule has 8 heteroatoms. The summed E-state index contributed by atoms with van der Waals surface area (Å²) in [6.07, 6.45) is 0.933. The molecule has 1 aromatic rings. The van der Waals surface area contributed by atoms with E-state index in [1.807, 2.05) is 6.92 Å². The van der Waals surface area contributed by atoms with Crippen molar-refractivity contribution in [3.05, 3.63) is 17.7 Å². The van der Waals surface area contributed by atoms with Gasteiger partial charge in [0, 0.05) is 12.1 Å². The molecule has 0 aliphatic rings. The third-order valence-electron chi connectivity index (χ3n) is 2.75. The molecular weight excluding hydrogens is 306 g/mol. The maximum atomic E-state index is 12.1. The number of ether oxygens (including phenoxy) is 3. The Hall–Kier alpha value is -2.22. The third-order valence-corrected chi connectivity index (χ3v) is 3.00. The van der Waals surface area contributed by atoms with Gasteiger partial charge in [-0.2, -0.15) is 0 Å². The fourth-order valence-electron chi connectivity index (χ4n) is 1.68. The Labute approximate surface area is 135 Å². The SMILES string of the molecule is CCCNC(=S)NNC(=O)c1cc(OC)c(OC)c(OC)c1. The molecule has 0 saturated heterocycles. The molecule has 0 atom stereocenters. The fraction of sp³-hybridized carbons (Fsp3) is 0.429. The number of nitrogens with one attached hydrogen (secondary N) is 3. The number of methoxy groups -OCH3 is 3. The van der Waals surface area contributed by atoms with Crippen LogP contribution in [0.4, 0.5) is 0 Å². The highest BCUT2D eigenvalue weighted by molar-refractivity contribution is 7.80. The Balaban J connectivity index is 2.83. The molecule has 0 aliphatic heterocycles. The van der Waals surface area contributed by atoms with Crippen LogP contribution in [0, 0.1) is 0 Å². The van der Waals surface area contributed by atoms with E-state index < -0.39 is 0 Å². The number of hydrazine groups is 1. The Morgan fingerprint density at radius 1 is 1.09 bits per heavy atom. The van der Waals surface area contributed by atoms with Crippen LogP contribution in [-0.4, -0.2) is 38.9 Å². The molecule has 0 radical (unpaired) electrons. The van der Waals surface area contributed by atoms with Crippen LogP contribution < -0.4 is 30.4 Å². The minimum atomic E-state index is -0.375. The molecule has 0 spiro atoms. The van der Waals surface area contributed by atoms with Gasteiger partial charge < -0.3 is 19.5 Å². The second kappa shape index (κ2) is 8.93. The first-order valence-corrected chi connectivity index (χ1v) is 7.12. The highest BCUT2D eigenvalue weighted by Crippen LogP contribution is 2.38. The standard InChI is InChI=1S/C14H21N3O4S/c1-5-6-15-14(22)17-16-13(18)9-7-10(19-2)12(21-4)11(8-9)20-3/h7-8H,5-6H2,1-4H3,(H,16,18)(H2,15,17,22). The summed E-state index contributed by atoms with van der Waals surface area (Å²) in [6, 6.07) is 3.11. The molecule has 0 heterocycles. The lowest BCUT2D eigenvalue weighted by Crippen LogP contribution is -2.46. The molecule has 0 fully saturated rings. The lowest BCUT2D eigenvalue weighted by molar-refractivity contribution is 0.0943. The van der Waals surface area contributed by atoms with Crippen molar-refractivity contribution < 1.29 is 19.0 Å². The van der Waals surface area contributed by atoms with Crippen molar-refractivity contribution in [3.8, 4) is 17.2 Å². The summed E-state index contributed by atoms with van der Waals surface area (Å²) < 4.78 is 15.6. The fourth-order valence-corrected chi connectivity index (χ4v) is 1.83. The van der Waals surface area contributed by atoms with Crippen molar-refractivity contribution >= 4 is 23.2 Å². The lowest BCUT2D eigenvalue weighted by Gasteiger charge is -2.15. The van der Waals surface area contributed by atoms with Crippen LogP contribution in [0.15, 0.2) is 12.1 Å². The van der Waals surface area contributed by atoms with Crippen molar-refractivity contribution in [2.75, 3.05) is 27.9 Å². The molecule has 1 amide bonds. The van der Waals surface area contributed by atoms with Crippen LogP contribution in [0.1, 0.15) is 23.7 Å². The van der Waals surface area contributed by atoms with Gasteiger partial charge in [0.2, 0.25) is 5.75 Å². The minimum absolute atomic E-state index is 0.347. The van der Waals surface area contributed by atoms with Gasteiger partial charge in [0.1, 0.15) is 0 Å². The van der Waals surface area contributed by atoms with E-state index in [1.54, 1.807) is 12.1 Å². The normalized spacial score (nSPS) is 9.64. The number of rotatable bonds is 6. The van der Waals surface area contributed by atoms with E-state index in [0.717, 1.165) is 13.0 Å². The van der Waals surface area contributed by atoms with Crippen molar-refractivity contribution in [1.82, 2.24) is 16.2 Å². The van der Waals surface area contributed by atoms with E-state index in [1.165, 1.54) is 21.3 Å². The third kappa shape index (κ3) is 4.66. The van der Waals surface area contributed by atoms with E-state index in [4.69, 9.17) is 26.4 Å². The Morgan fingerprint density at radius 3 is 2.14 bits per heavy atom. The number of amides is 1. The number of hydrogen-bond donors (Lipinski definition) is 3. The zero-order valence-corrected chi connectivity index (χ0v) is 13.9. The molecule has 22 heavy (non-hydrogen) atoms. The first-order valence-electron chi connectivity index (χ1n) is 6.71. The first kappa shape index (κ1) is 17.8. The summed E-state index contributed by atoms with van der Waals surface area (Å²) in [5.41, 5.74) is 5.48. The largest absolute Gasteiger partial charge is 0.493 e. The predicted octanol–water partition coefficient (Wildman–Crippen LogP) is 1.23. The number of thiocarbonyl (C=S) groups is 1. The Morgan fingerprint density at radius 2 is 1.68 bits per heavy atom. The van der Waals surface area contributed by atoms with Crippen LogP contribution in [0.25, 0.3) is 0 Å². The van der Waals surface area contributed by atoms with Crippen molar-refractivity contribution in [2.24, 2.45) is 0 Å². The summed E-state index contributed by atoms with van der Waals surface area (Å²) in [6.45, 7) is 2.75. The predicted molar refractivity (Wildman–Crippen MR) is 87.6 cm³/mol. The molecule has 0 aliphatic carbocycles. The van der Waals surface area contributed by atoms with E-state index in [9.17, 15) is 4.79 Å². The average Bonchev–Trinajstić information content (AvgIpc) is 2.55. The van der Waals surface area contributed by atoms with Gasteiger partial charge in [-0.15, -0.1) is 0 Å². The zero-order chi connectivity index (χ0) is 16.5. The van der Waals surface area contributed by atoms with Gasteiger partial charge in [0.05, 0.1) is 21.3 Å². The highest BCUT2D eigenvalue weighted by atomic mass is 32.1. The maximum Gasteiger partial charge on any atom is 0.269 e. The zero-order valence-electron chi connectivity index (χ0n) is 13.1. The average molecular weight is 327 g/mol. The summed E-state index contributed by atoms with van der Waals surface area (Å²) >= 11 is 5.02. The van der Waals surface area contributed by atoms with Gasteiger partial charge in [-0.25, -0.2) is 0 Å². The van der Waals surface area contributed by atoms with E-state index in [2.05, 4.69) is 16.2 Å². The number of benzene rings is 1. The minimum Gasteiger partial charge on any atom is -0.493 e. The molecule has 1 rings (SSSR count). The summed E-state index contributed by atoms with van der Waals surface area (Å²) in [7, 11) is 4.47. The van der Waals surface area contributed by atoms with Gasteiger partial charge >= 0.3 is 0 Å². The second-order valence-corrected chi connectivity index (χ2v) is 4.66. The maximum absolute atomic E-state index is 12.1. The smallest absolute Gasteiger partial charge is 0.269 e. The topological polar surface area (TPSA) is 80.9 Å². The molecule has 0 saturated carbocycles. The van der Waals surface area contributed by atoms with Crippen LogP contribution >= 0.6 is 12.2 Å². The molecule has 7 nitrogen and oxygen atoms in total. The van der Waals surface area contributed by atoms with Crippen LogP contribution in [0.5, 0.6) is 17.2 Å². The Kier molecular flexibility index (Phi) is 7.24. The van der Waals surface area contributed by atoms with Gasteiger partial charge in [-0.3, -0.25) is 15.6 Å². The number of carbonyl (C=O) groups is 1. The number of carbonyl (C=O) groups excluding carboxylic acids is 1. The first-order chi connectivity index (χ1) is 10.6. The molecule has 3 N–H and O–H groups in total. The molecule has 0 bridgehead atoms. The summed E-state index contributed by atoms with van der Waals surface area (Å²) in [5, 5.41) is 3.29. The number of hydrogen-bond acceptors (Lipinski definition) is 5. The monoisotopic (exact) mass is 327 g/mol. The van der Waals surface area contributed by atoms with Crippen LogP contribution in [-0.2, 0) is 0 Å². The van der Waals surface area contributed by atoms with Crippen LogP contribution in [0.3, 0.4) is 0 Å². The van der Waals surface area contributed by atoms with Gasteiger partial charge in [-0.1, -0.05) is 6.92 Å². The molecule has 1 aromatic carbocycles. The van der Waals surface area contributed by atoms with E-state index in [0.29, 0.717) is 27.9 Å². The molecule has 0 aromatic heterocycles. The molecule has 0 unspecified atom stereocenters. The summed E-state index contributed by atoms with van der Waals surface area (Å²) in [5.74, 6) is 0.854. The van der Waals surface area contributed by atoms with Gasteiger partial charge in [-0.05, 0) is 30.8 Å². The quantitative estimate of drug-likeness (QED) is 0.535. The van der Waals surface area contributed by atoms with E-state index in [-0.39, 0.29) is 5.91 Å². The highest BCUT2D eigenvalue weighted by Gasteiger charge is 2.16. The van der Waals surface area contributed by atoms with Crippen molar-refractivity contribution in [2.45, 2.75) is 13.3 Å². The van der Waals surface area contributed by atoms with Gasteiger partial charge in [0.25, 0.3) is 5.91 Å². The molecular formula is C14H21N3O4S. The lowest BCUT2D eigenvalue weighted by atomic mass is 10.1. The van der Waals surface area contributed by atoms with Crippen molar-refractivity contribution in [1.29, 1.82) is 0 Å². The van der Waals surface area contributed by atoms with Gasteiger partial charge in [0.15, 0.2) is 16.6 Å². The molecule has 122 valence electrons. The van der Waals surface area contributed by atoms with Crippen LogP contribution in [0.2, 0.25) is 0 Å². The summed E-state index contributed by atoms with van der Waals surface area (Å²) in [4.78, 5) is 12.1. The second-order valence-electron chi connectivity index (χ2n) is 4.25. The van der Waals surface area contributed by atoms with Crippen molar-refractivity contribution in [3.63, 3.8) is 0 Å².